The number of rotatable bonds is 5. The van der Waals surface area contributed by atoms with Crippen LogP contribution >= 0.6 is 0 Å². The monoisotopic (exact) mass is 223 g/mol. The molecule has 92 valence electrons. The third kappa shape index (κ3) is 4.40. The van der Waals surface area contributed by atoms with Gasteiger partial charge in [-0.15, -0.1) is 0 Å². The molecule has 0 saturated heterocycles. The predicted molar refractivity (Wildman–Crippen MR) is 68.4 cm³/mol. The van der Waals surface area contributed by atoms with Gasteiger partial charge in [-0.3, -0.25) is 0 Å². The van der Waals surface area contributed by atoms with Gasteiger partial charge in [0.2, 0.25) is 0 Å². The second-order valence-corrected chi connectivity index (χ2v) is 6.00. The van der Waals surface area contributed by atoms with Crippen molar-refractivity contribution in [2.24, 2.45) is 11.3 Å². The molecule has 0 aliphatic carbocycles. The average Bonchev–Trinajstić information content (AvgIpc) is 2.63. The van der Waals surface area contributed by atoms with Crippen molar-refractivity contribution in [2.45, 2.75) is 46.6 Å². The van der Waals surface area contributed by atoms with Gasteiger partial charge >= 0.3 is 0 Å². The highest BCUT2D eigenvalue weighted by molar-refractivity contribution is 5.11. The van der Waals surface area contributed by atoms with E-state index in [-0.39, 0.29) is 0 Å². The minimum Gasteiger partial charge on any atom is -0.472 e. The van der Waals surface area contributed by atoms with E-state index >= 15 is 0 Å². The molecular formula is C14H25NO. The van der Waals surface area contributed by atoms with Crippen molar-refractivity contribution in [1.82, 2.24) is 5.32 Å². The van der Waals surface area contributed by atoms with E-state index < -0.39 is 0 Å². The van der Waals surface area contributed by atoms with Gasteiger partial charge < -0.3 is 9.73 Å². The van der Waals surface area contributed by atoms with Crippen LogP contribution in [0, 0.1) is 11.3 Å². The Hall–Kier alpha value is -0.760. The summed E-state index contributed by atoms with van der Waals surface area (Å²) in [5.74, 6) is 0.715. The number of furan rings is 1. The molecule has 0 bridgehead atoms. The molecule has 0 aliphatic heterocycles. The zero-order chi connectivity index (χ0) is 12.2. The van der Waals surface area contributed by atoms with Crippen LogP contribution in [0.3, 0.4) is 0 Å². The Labute approximate surface area is 99.4 Å². The second kappa shape index (κ2) is 5.53. The molecule has 0 radical (unpaired) electrons. The summed E-state index contributed by atoms with van der Waals surface area (Å²) >= 11 is 0. The summed E-state index contributed by atoms with van der Waals surface area (Å²) in [5, 5.41) is 3.36. The van der Waals surface area contributed by atoms with Crippen molar-refractivity contribution in [2.75, 3.05) is 7.05 Å². The van der Waals surface area contributed by atoms with Crippen molar-refractivity contribution in [3.63, 3.8) is 0 Å². The Bertz CT molecular complexity index is 284. The molecule has 0 saturated carbocycles. The van der Waals surface area contributed by atoms with Gasteiger partial charge in [0.1, 0.15) is 0 Å². The minimum absolute atomic E-state index is 0.411. The molecule has 2 nitrogen and oxygen atoms in total. The van der Waals surface area contributed by atoms with Crippen LogP contribution in [0.25, 0.3) is 0 Å². The summed E-state index contributed by atoms with van der Waals surface area (Å²) in [5.41, 5.74) is 1.66. The van der Waals surface area contributed by atoms with Crippen molar-refractivity contribution >= 4 is 0 Å². The fourth-order valence-corrected chi connectivity index (χ4v) is 2.42. The zero-order valence-corrected chi connectivity index (χ0v) is 11.2. The molecule has 1 heterocycles. The topological polar surface area (TPSA) is 25.2 Å². The first-order valence-electron chi connectivity index (χ1n) is 6.12. The molecule has 1 aromatic rings. The smallest absolute Gasteiger partial charge is 0.0950 e. The van der Waals surface area contributed by atoms with Gasteiger partial charge in [0, 0.05) is 11.6 Å². The predicted octanol–water partition coefficient (Wildman–Crippen LogP) is 4.00. The first kappa shape index (κ1) is 13.3. The van der Waals surface area contributed by atoms with Crippen molar-refractivity contribution < 1.29 is 4.42 Å². The highest BCUT2D eigenvalue weighted by Crippen LogP contribution is 2.30. The van der Waals surface area contributed by atoms with Crippen LogP contribution in [-0.2, 0) is 0 Å². The summed E-state index contributed by atoms with van der Waals surface area (Å²) in [4.78, 5) is 0. The Balaban J connectivity index is 2.51. The van der Waals surface area contributed by atoms with Crippen molar-refractivity contribution in [3.8, 4) is 0 Å². The zero-order valence-electron chi connectivity index (χ0n) is 11.2. The lowest BCUT2D eigenvalue weighted by molar-refractivity contribution is 0.278. The molecule has 1 N–H and O–H groups in total. The van der Waals surface area contributed by atoms with Gasteiger partial charge in [0.25, 0.3) is 0 Å². The first-order chi connectivity index (χ1) is 7.42. The van der Waals surface area contributed by atoms with E-state index in [1.54, 1.807) is 6.26 Å². The van der Waals surface area contributed by atoms with E-state index in [1.165, 1.54) is 12.0 Å². The van der Waals surface area contributed by atoms with Gasteiger partial charge in [-0.2, -0.15) is 0 Å². The molecule has 0 amide bonds. The molecule has 2 heteroatoms. The highest BCUT2D eigenvalue weighted by Gasteiger charge is 2.19. The quantitative estimate of drug-likeness (QED) is 0.816. The van der Waals surface area contributed by atoms with Crippen LogP contribution in [0.2, 0.25) is 0 Å². The van der Waals surface area contributed by atoms with E-state index in [0.29, 0.717) is 17.4 Å². The Morgan fingerprint density at radius 2 is 2.06 bits per heavy atom. The molecule has 1 aromatic heterocycles. The molecule has 0 spiro atoms. The molecule has 16 heavy (non-hydrogen) atoms. The van der Waals surface area contributed by atoms with Crippen LogP contribution < -0.4 is 5.32 Å². The maximum absolute atomic E-state index is 5.14. The van der Waals surface area contributed by atoms with E-state index in [0.717, 1.165) is 6.42 Å². The fraction of sp³-hybridized carbons (Fsp3) is 0.714. The Kier molecular flexibility index (Phi) is 4.60. The number of hydrogen-bond donors (Lipinski definition) is 1. The van der Waals surface area contributed by atoms with Gasteiger partial charge in [-0.05, 0) is 37.3 Å². The molecule has 0 aliphatic rings. The number of nitrogens with one attached hydrogen (secondary N) is 1. The van der Waals surface area contributed by atoms with Gasteiger partial charge in [-0.25, -0.2) is 0 Å². The van der Waals surface area contributed by atoms with Crippen molar-refractivity contribution in [1.29, 1.82) is 0 Å². The third-order valence-corrected chi connectivity index (χ3v) is 2.89. The third-order valence-electron chi connectivity index (χ3n) is 2.89. The molecule has 1 rings (SSSR count). The summed E-state index contributed by atoms with van der Waals surface area (Å²) in [6.07, 6.45) is 6.00. The van der Waals surface area contributed by atoms with Gasteiger partial charge in [0.05, 0.1) is 12.5 Å². The van der Waals surface area contributed by atoms with Crippen molar-refractivity contribution in [3.05, 3.63) is 24.2 Å². The lowest BCUT2D eigenvalue weighted by Gasteiger charge is -2.26. The molecule has 0 aromatic carbocycles. The van der Waals surface area contributed by atoms with Crippen LogP contribution in [-0.4, -0.2) is 7.05 Å². The second-order valence-electron chi connectivity index (χ2n) is 6.00. The maximum atomic E-state index is 5.14. The molecule has 2 atom stereocenters. The van der Waals surface area contributed by atoms with E-state index in [4.69, 9.17) is 4.42 Å². The van der Waals surface area contributed by atoms with E-state index in [1.807, 2.05) is 19.4 Å². The van der Waals surface area contributed by atoms with Crippen LogP contribution in [0.15, 0.2) is 23.0 Å². The molecule has 2 unspecified atom stereocenters. The molecular weight excluding hydrogens is 198 g/mol. The lowest BCUT2D eigenvalue weighted by Crippen LogP contribution is -2.20. The summed E-state index contributed by atoms with van der Waals surface area (Å²) in [6.45, 7) is 9.23. The number of hydrogen-bond acceptors (Lipinski definition) is 2. The summed E-state index contributed by atoms with van der Waals surface area (Å²) in [7, 11) is 2.02. The van der Waals surface area contributed by atoms with Gasteiger partial charge in [0.15, 0.2) is 0 Å². The highest BCUT2D eigenvalue weighted by atomic mass is 16.3. The lowest BCUT2D eigenvalue weighted by atomic mass is 9.82. The van der Waals surface area contributed by atoms with E-state index in [9.17, 15) is 0 Å². The van der Waals surface area contributed by atoms with E-state index in [2.05, 4.69) is 33.0 Å². The SMILES string of the molecule is CNC(CC(C)CC(C)(C)C)c1ccoc1. The fourth-order valence-electron chi connectivity index (χ4n) is 2.42. The minimum atomic E-state index is 0.411. The summed E-state index contributed by atoms with van der Waals surface area (Å²) < 4.78 is 5.14. The van der Waals surface area contributed by atoms with Crippen LogP contribution in [0.5, 0.6) is 0 Å². The van der Waals surface area contributed by atoms with Crippen LogP contribution in [0.1, 0.15) is 52.1 Å². The molecule has 0 fully saturated rings. The maximum Gasteiger partial charge on any atom is 0.0950 e. The largest absolute Gasteiger partial charge is 0.472 e. The Morgan fingerprint density at radius 1 is 1.38 bits per heavy atom. The van der Waals surface area contributed by atoms with Gasteiger partial charge in [-0.1, -0.05) is 27.7 Å². The first-order valence-corrected chi connectivity index (χ1v) is 6.12. The Morgan fingerprint density at radius 3 is 2.50 bits per heavy atom. The van der Waals surface area contributed by atoms with Crippen LogP contribution in [0.4, 0.5) is 0 Å². The average molecular weight is 223 g/mol. The summed E-state index contributed by atoms with van der Waals surface area (Å²) in [6, 6.07) is 2.46. The normalized spacial score (nSPS) is 16.1. The standard InChI is InChI=1S/C14H25NO/c1-11(9-14(2,3)4)8-13(15-5)12-6-7-16-10-12/h6-7,10-11,13,15H,8-9H2,1-5H3.